The number of nitrogens with zero attached hydrogens (tertiary/aromatic N) is 2. The summed E-state index contributed by atoms with van der Waals surface area (Å²) in [6, 6.07) is 19.6. The van der Waals surface area contributed by atoms with E-state index in [1.54, 1.807) is 19.1 Å². The van der Waals surface area contributed by atoms with Gasteiger partial charge in [-0.1, -0.05) is 47.6 Å². The third kappa shape index (κ3) is 2.94. The molecule has 1 atom stereocenters. The van der Waals surface area contributed by atoms with Gasteiger partial charge in [-0.2, -0.15) is 0 Å². The van der Waals surface area contributed by atoms with Gasteiger partial charge in [0, 0.05) is 11.5 Å². The Kier molecular flexibility index (Phi) is 4.52. The first-order valence-electron chi connectivity index (χ1n) is 11.0. The van der Waals surface area contributed by atoms with Gasteiger partial charge in [-0.05, 0) is 43.0 Å². The highest BCUT2D eigenvalue weighted by Crippen LogP contribution is 2.42. The van der Waals surface area contributed by atoms with Gasteiger partial charge in [0.2, 0.25) is 5.76 Å². The van der Waals surface area contributed by atoms with Crippen LogP contribution in [0.4, 0.5) is 5.82 Å². The SMILES string of the molecule is CCOc1ccc([C@@H]2c3c(oc4c(ccc5ccccc54)c3=O)C(=O)N2c2cc(C)on2)cc1. The summed E-state index contributed by atoms with van der Waals surface area (Å²) in [5, 5.41) is 6.20. The molecule has 0 N–H and O–H groups in total. The van der Waals surface area contributed by atoms with Crippen LogP contribution < -0.4 is 15.1 Å². The van der Waals surface area contributed by atoms with Gasteiger partial charge < -0.3 is 13.7 Å². The second-order valence-corrected chi connectivity index (χ2v) is 8.21. The van der Waals surface area contributed by atoms with Gasteiger partial charge in [-0.3, -0.25) is 14.5 Å². The van der Waals surface area contributed by atoms with Crippen LogP contribution in [0.15, 0.2) is 80.5 Å². The molecule has 0 aliphatic carbocycles. The molecule has 0 spiro atoms. The monoisotopic (exact) mass is 452 g/mol. The molecule has 3 heterocycles. The fraction of sp³-hybridized carbons (Fsp3) is 0.148. The van der Waals surface area contributed by atoms with Crippen molar-refractivity contribution in [1.29, 1.82) is 0 Å². The van der Waals surface area contributed by atoms with Crippen molar-refractivity contribution in [3.8, 4) is 5.75 Å². The van der Waals surface area contributed by atoms with E-state index in [0.717, 1.165) is 16.3 Å². The average molecular weight is 452 g/mol. The zero-order chi connectivity index (χ0) is 23.4. The van der Waals surface area contributed by atoms with Gasteiger partial charge in [0.05, 0.1) is 23.6 Å². The predicted molar refractivity (Wildman–Crippen MR) is 127 cm³/mol. The number of aryl methyl sites for hydroxylation is 1. The third-order valence-corrected chi connectivity index (χ3v) is 6.13. The number of aromatic nitrogens is 1. The van der Waals surface area contributed by atoms with E-state index in [4.69, 9.17) is 13.7 Å². The lowest BCUT2D eigenvalue weighted by molar-refractivity contribution is 0.0969. The molecule has 7 nitrogen and oxygen atoms in total. The zero-order valence-corrected chi connectivity index (χ0v) is 18.6. The number of anilines is 1. The Balaban J connectivity index is 1.63. The molecule has 0 bridgehead atoms. The quantitative estimate of drug-likeness (QED) is 0.340. The normalized spacial score (nSPS) is 15.3. The lowest BCUT2D eigenvalue weighted by Gasteiger charge is -2.22. The van der Waals surface area contributed by atoms with Crippen molar-refractivity contribution in [2.75, 3.05) is 11.5 Å². The number of rotatable bonds is 4. The molecule has 6 rings (SSSR count). The maximum absolute atomic E-state index is 13.8. The van der Waals surface area contributed by atoms with Crippen molar-refractivity contribution >= 4 is 33.5 Å². The predicted octanol–water partition coefficient (Wildman–Crippen LogP) is 5.39. The first-order valence-corrected chi connectivity index (χ1v) is 11.0. The molecule has 7 heteroatoms. The molecule has 1 aliphatic rings. The molecule has 0 saturated heterocycles. The Morgan fingerprint density at radius 3 is 2.53 bits per heavy atom. The molecule has 5 aromatic rings. The topological polar surface area (TPSA) is 85.8 Å². The largest absolute Gasteiger partial charge is 0.494 e. The molecular weight excluding hydrogens is 432 g/mol. The van der Waals surface area contributed by atoms with E-state index in [0.29, 0.717) is 34.9 Å². The van der Waals surface area contributed by atoms with E-state index in [9.17, 15) is 9.59 Å². The summed E-state index contributed by atoms with van der Waals surface area (Å²) in [6.45, 7) is 4.20. The van der Waals surface area contributed by atoms with E-state index >= 15 is 0 Å². The first kappa shape index (κ1) is 20.2. The molecule has 3 aromatic carbocycles. The van der Waals surface area contributed by atoms with Gasteiger partial charge in [0.15, 0.2) is 11.2 Å². The summed E-state index contributed by atoms with van der Waals surface area (Å²) < 4.78 is 17.0. The van der Waals surface area contributed by atoms with Crippen LogP contribution in [0.1, 0.15) is 40.4 Å². The second-order valence-electron chi connectivity index (χ2n) is 8.21. The van der Waals surface area contributed by atoms with E-state index in [1.807, 2.05) is 61.5 Å². The maximum atomic E-state index is 13.8. The fourth-order valence-corrected chi connectivity index (χ4v) is 4.63. The van der Waals surface area contributed by atoms with Crippen molar-refractivity contribution in [2.45, 2.75) is 19.9 Å². The van der Waals surface area contributed by atoms with Crippen LogP contribution in [0.25, 0.3) is 21.7 Å². The average Bonchev–Trinajstić information content (AvgIpc) is 3.40. The summed E-state index contributed by atoms with van der Waals surface area (Å²) in [4.78, 5) is 29.0. The second kappa shape index (κ2) is 7.59. The van der Waals surface area contributed by atoms with Gasteiger partial charge in [0.25, 0.3) is 5.91 Å². The molecule has 2 aromatic heterocycles. The van der Waals surface area contributed by atoms with E-state index in [-0.39, 0.29) is 16.8 Å². The third-order valence-electron chi connectivity index (χ3n) is 6.13. The molecule has 1 aliphatic heterocycles. The first-order chi connectivity index (χ1) is 16.6. The minimum atomic E-state index is -0.713. The van der Waals surface area contributed by atoms with Crippen molar-refractivity contribution in [2.24, 2.45) is 0 Å². The lowest BCUT2D eigenvalue weighted by atomic mass is 9.97. The minimum Gasteiger partial charge on any atom is -0.494 e. The minimum absolute atomic E-state index is 0.0217. The van der Waals surface area contributed by atoms with Crippen molar-refractivity contribution in [1.82, 2.24) is 5.16 Å². The lowest BCUT2D eigenvalue weighted by Crippen LogP contribution is -2.29. The van der Waals surface area contributed by atoms with Gasteiger partial charge >= 0.3 is 0 Å². The highest BCUT2D eigenvalue weighted by Gasteiger charge is 2.45. The Morgan fingerprint density at radius 1 is 1.00 bits per heavy atom. The summed E-state index contributed by atoms with van der Waals surface area (Å²) >= 11 is 0. The Morgan fingerprint density at radius 2 is 1.79 bits per heavy atom. The fourth-order valence-electron chi connectivity index (χ4n) is 4.63. The van der Waals surface area contributed by atoms with Crippen LogP contribution in [0.2, 0.25) is 0 Å². The Labute approximate surface area is 194 Å². The number of hydrogen-bond acceptors (Lipinski definition) is 6. The zero-order valence-electron chi connectivity index (χ0n) is 18.6. The molecule has 0 saturated carbocycles. The number of carbonyl (C=O) groups excluding carboxylic acids is 1. The molecular formula is C27H20N2O5. The van der Waals surface area contributed by atoms with Crippen molar-refractivity contribution in [3.05, 3.63) is 99.6 Å². The molecule has 34 heavy (non-hydrogen) atoms. The summed E-state index contributed by atoms with van der Waals surface area (Å²) in [5.41, 5.74) is 1.19. The standard InChI is InChI=1S/C27H20N2O5/c1-3-32-18-11-8-17(9-12-18)23-22-24(30)20-13-10-16-6-4-5-7-19(16)25(20)33-26(22)27(31)29(23)21-14-15(2)34-28-21/h4-14,23H,3H2,1-2H3/t23-/m1/s1. The summed E-state index contributed by atoms with van der Waals surface area (Å²) in [5.74, 6) is 1.17. The van der Waals surface area contributed by atoms with E-state index in [1.165, 1.54) is 4.90 Å². The van der Waals surface area contributed by atoms with E-state index < -0.39 is 11.9 Å². The van der Waals surface area contributed by atoms with Gasteiger partial charge in [-0.25, -0.2) is 0 Å². The number of amides is 1. The number of fused-ring (bicyclic) bond motifs is 4. The van der Waals surface area contributed by atoms with Crippen LogP contribution in [0.5, 0.6) is 5.75 Å². The Bertz CT molecular complexity index is 1630. The van der Waals surface area contributed by atoms with Crippen LogP contribution in [0.3, 0.4) is 0 Å². The summed E-state index contributed by atoms with van der Waals surface area (Å²) in [7, 11) is 0. The number of benzene rings is 3. The maximum Gasteiger partial charge on any atom is 0.296 e. The van der Waals surface area contributed by atoms with E-state index in [2.05, 4.69) is 5.16 Å². The number of ether oxygens (including phenoxy) is 1. The molecule has 1 amide bonds. The van der Waals surface area contributed by atoms with Crippen LogP contribution >= 0.6 is 0 Å². The highest BCUT2D eigenvalue weighted by molar-refractivity contribution is 6.12. The number of carbonyl (C=O) groups is 1. The molecule has 0 fully saturated rings. The van der Waals surface area contributed by atoms with Crippen LogP contribution in [-0.2, 0) is 0 Å². The Hall–Kier alpha value is -4.39. The summed E-state index contributed by atoms with van der Waals surface area (Å²) in [6.07, 6.45) is 0. The van der Waals surface area contributed by atoms with Gasteiger partial charge in [0.1, 0.15) is 17.1 Å². The van der Waals surface area contributed by atoms with Crippen LogP contribution in [0, 0.1) is 6.92 Å². The molecule has 0 unspecified atom stereocenters. The van der Waals surface area contributed by atoms with Crippen LogP contribution in [-0.4, -0.2) is 17.7 Å². The number of hydrogen-bond donors (Lipinski definition) is 0. The molecule has 0 radical (unpaired) electrons. The molecule has 168 valence electrons. The smallest absolute Gasteiger partial charge is 0.296 e. The highest BCUT2D eigenvalue weighted by atomic mass is 16.5. The van der Waals surface area contributed by atoms with Gasteiger partial charge in [-0.15, -0.1) is 0 Å². The van der Waals surface area contributed by atoms with Crippen molar-refractivity contribution in [3.63, 3.8) is 0 Å². The van der Waals surface area contributed by atoms with Crippen molar-refractivity contribution < 1.29 is 18.5 Å².